The number of carbonyl (C=O) groups excluding carboxylic acids is 4. The number of phenolic OH excluding ortho intramolecular Hbond substituents is 1. The molecule has 0 unspecified atom stereocenters. The van der Waals surface area contributed by atoms with Crippen LogP contribution in [0.1, 0.15) is 44.4 Å². The number of carbonyl (C=O) groups is 4. The molecule has 15 heteroatoms. The molecule has 0 radical (unpaired) electrons. The molecule has 0 fully saturated rings. The second kappa shape index (κ2) is 17.2. The van der Waals surface area contributed by atoms with Crippen LogP contribution >= 0.6 is 54.5 Å². The summed E-state index contributed by atoms with van der Waals surface area (Å²) in [7, 11) is 1.21. The summed E-state index contributed by atoms with van der Waals surface area (Å²) >= 11 is 9.00. The molecule has 4 N–H and O–H groups in total. The van der Waals surface area contributed by atoms with E-state index >= 15 is 0 Å². The van der Waals surface area contributed by atoms with Crippen molar-refractivity contribution in [2.24, 2.45) is 0 Å². The summed E-state index contributed by atoms with van der Waals surface area (Å²) in [5.74, 6) is -1.88. The number of esters is 1. The first-order valence-electron chi connectivity index (χ1n) is 15.6. The van der Waals surface area contributed by atoms with E-state index in [1.54, 1.807) is 52.0 Å². The number of phenols is 1. The summed E-state index contributed by atoms with van der Waals surface area (Å²) in [5, 5.41) is 19.0. The van der Waals surface area contributed by atoms with E-state index < -0.39 is 53.7 Å². The Hall–Kier alpha value is -3.41. The van der Waals surface area contributed by atoms with Crippen molar-refractivity contribution in [1.29, 1.82) is 0 Å². The van der Waals surface area contributed by atoms with Gasteiger partial charge in [-0.2, -0.15) is 0 Å². The Bertz CT molecular complexity index is 1710. The van der Waals surface area contributed by atoms with E-state index in [-0.39, 0.29) is 30.9 Å². The van der Waals surface area contributed by atoms with Crippen molar-refractivity contribution in [2.45, 2.75) is 77.0 Å². The highest BCUT2D eigenvalue weighted by Gasteiger charge is 2.35. The third-order valence-electron chi connectivity index (χ3n) is 7.45. The smallest absolute Gasteiger partial charge is 0.408 e. The van der Waals surface area contributed by atoms with Gasteiger partial charge in [-0.3, -0.25) is 9.59 Å². The second-order valence-electron chi connectivity index (χ2n) is 12.6. The minimum Gasteiger partial charge on any atom is -0.504 e. The van der Waals surface area contributed by atoms with Gasteiger partial charge in [-0.05, 0) is 123 Å². The van der Waals surface area contributed by atoms with Crippen molar-refractivity contribution < 1.29 is 43.2 Å². The molecule has 4 atom stereocenters. The molecule has 2 aliphatic rings. The van der Waals surface area contributed by atoms with E-state index in [0.717, 1.165) is 5.56 Å². The molecule has 0 aliphatic carbocycles. The number of hydrogen-bond donors (Lipinski definition) is 4. The van der Waals surface area contributed by atoms with Crippen molar-refractivity contribution in [2.75, 3.05) is 7.11 Å². The summed E-state index contributed by atoms with van der Waals surface area (Å²) in [6.45, 7) is 6.81. The van der Waals surface area contributed by atoms with Gasteiger partial charge in [0.2, 0.25) is 11.8 Å². The molecule has 0 aromatic heterocycles. The molecular formula is C35H38Br2IN3O9. The van der Waals surface area contributed by atoms with Crippen LogP contribution in [0.2, 0.25) is 0 Å². The maximum atomic E-state index is 14.1. The van der Waals surface area contributed by atoms with E-state index in [0.29, 0.717) is 29.4 Å². The van der Waals surface area contributed by atoms with E-state index in [1.807, 2.05) is 52.9 Å². The lowest BCUT2D eigenvalue weighted by molar-refractivity contribution is -0.146. The number of nitrogens with one attached hydrogen (secondary N) is 3. The van der Waals surface area contributed by atoms with Gasteiger partial charge in [0, 0.05) is 12.8 Å². The quantitative estimate of drug-likeness (QED) is 0.170. The number of ether oxygens (including phenoxy) is 4. The zero-order valence-electron chi connectivity index (χ0n) is 28.0. The molecule has 268 valence electrons. The van der Waals surface area contributed by atoms with Crippen molar-refractivity contribution in [3.8, 4) is 17.2 Å². The van der Waals surface area contributed by atoms with Gasteiger partial charge < -0.3 is 40.0 Å². The fourth-order valence-corrected chi connectivity index (χ4v) is 7.15. The predicted octanol–water partition coefficient (Wildman–Crippen LogP) is 6.05. The maximum absolute atomic E-state index is 14.1. The molecule has 2 aliphatic heterocycles. The largest absolute Gasteiger partial charge is 0.504 e. The fraction of sp³-hybridized carbons (Fsp3) is 0.371. The van der Waals surface area contributed by atoms with Crippen LogP contribution < -0.4 is 20.7 Å². The summed E-state index contributed by atoms with van der Waals surface area (Å²) in [5.41, 5.74) is 1.12. The minimum absolute atomic E-state index is 0.0112. The lowest BCUT2D eigenvalue weighted by Crippen LogP contribution is -2.60. The van der Waals surface area contributed by atoms with Crippen LogP contribution in [-0.2, 0) is 48.0 Å². The maximum Gasteiger partial charge on any atom is 0.408 e. The van der Waals surface area contributed by atoms with Crippen LogP contribution in [0.15, 0.2) is 63.5 Å². The first-order valence-corrected chi connectivity index (χ1v) is 18.2. The summed E-state index contributed by atoms with van der Waals surface area (Å²) < 4.78 is 24.1. The van der Waals surface area contributed by atoms with E-state index in [9.17, 15) is 24.3 Å². The number of amides is 3. The Morgan fingerprint density at radius 3 is 2.28 bits per heavy atom. The zero-order valence-corrected chi connectivity index (χ0v) is 33.3. The van der Waals surface area contributed by atoms with Gasteiger partial charge in [0.1, 0.15) is 23.7 Å². The van der Waals surface area contributed by atoms with Gasteiger partial charge in [0.05, 0.1) is 32.3 Å². The van der Waals surface area contributed by atoms with Crippen molar-refractivity contribution in [3.63, 3.8) is 0 Å². The predicted molar refractivity (Wildman–Crippen MR) is 200 cm³/mol. The molecule has 0 saturated carbocycles. The number of aromatic hydroxyl groups is 1. The van der Waals surface area contributed by atoms with Crippen molar-refractivity contribution >= 4 is 78.3 Å². The first kappa shape index (κ1) is 39.4. The van der Waals surface area contributed by atoms with Crippen molar-refractivity contribution in [3.05, 3.63) is 83.8 Å². The van der Waals surface area contributed by atoms with Crippen LogP contribution in [0.5, 0.6) is 17.2 Å². The summed E-state index contributed by atoms with van der Waals surface area (Å²) in [4.78, 5) is 54.1. The van der Waals surface area contributed by atoms with Crippen molar-refractivity contribution in [1.82, 2.24) is 16.0 Å². The molecule has 50 heavy (non-hydrogen) atoms. The van der Waals surface area contributed by atoms with Crippen LogP contribution in [0.3, 0.4) is 0 Å². The normalized spacial score (nSPS) is 18.9. The average molecular weight is 931 g/mol. The van der Waals surface area contributed by atoms with Crippen LogP contribution in [-0.4, -0.2) is 65.9 Å². The Morgan fingerprint density at radius 2 is 1.66 bits per heavy atom. The zero-order chi connectivity index (χ0) is 36.7. The van der Waals surface area contributed by atoms with E-state index in [4.69, 9.17) is 18.9 Å². The third kappa shape index (κ3) is 10.8. The molecule has 0 saturated heterocycles. The Balaban J connectivity index is 1.82. The van der Waals surface area contributed by atoms with Crippen LogP contribution in [0, 0.1) is 3.57 Å². The van der Waals surface area contributed by atoms with E-state index in [1.165, 1.54) is 7.11 Å². The van der Waals surface area contributed by atoms with Gasteiger partial charge in [0.15, 0.2) is 17.2 Å². The topological polar surface area (TPSA) is 162 Å². The molecule has 3 aromatic rings. The summed E-state index contributed by atoms with van der Waals surface area (Å²) in [6.07, 6.45) is -1.84. The molecule has 5 rings (SSSR count). The molecular weight excluding hydrogens is 893 g/mol. The minimum atomic E-state index is -1.32. The first-order chi connectivity index (χ1) is 23.5. The van der Waals surface area contributed by atoms with Crippen LogP contribution in [0.4, 0.5) is 4.79 Å². The number of halogens is 3. The van der Waals surface area contributed by atoms with Gasteiger partial charge in [0.25, 0.3) is 0 Å². The third-order valence-corrected chi connectivity index (χ3v) is 9.45. The van der Waals surface area contributed by atoms with Gasteiger partial charge in [-0.15, -0.1) is 0 Å². The van der Waals surface area contributed by atoms with Gasteiger partial charge in [-0.1, -0.05) is 30.3 Å². The number of benzene rings is 3. The highest BCUT2D eigenvalue weighted by Crippen LogP contribution is 2.42. The molecule has 2 heterocycles. The number of hydrogen-bond acceptors (Lipinski definition) is 9. The average Bonchev–Trinajstić information content (AvgIpc) is 3.04. The Kier molecular flexibility index (Phi) is 13.5. The molecule has 0 spiro atoms. The lowest BCUT2D eigenvalue weighted by atomic mass is 10.0. The standard InChI is InChI=1S/C35H38Br2IN3O9/c1-18(48-17-19-9-7-6-8-10-19)28-32(44)39-26(33(45)47-5)15-20-11-22(36)30(23(37)12-20)49-27-16-21(13-24(38)29(27)42)14-25(31(43)41-28)40-34(46)50-35(2,3)4/h6-13,16,18,25-26,28,42H,14-15,17H2,1-5H3,(H,39,44)(H,40,46)(H,41,43)/t18-,25+,26+,28+/m1/s1. The SMILES string of the molecule is COC(=O)[C@@H]1Cc2cc(Br)c(c(Br)c2)Oc2cc(cc(I)c2O)C[C@H](NC(=O)OC(C)(C)C)C(=O)N[C@@H]([C@@H](C)OCc2ccccc2)C(=O)N1. The molecule has 3 aromatic carbocycles. The Labute approximate surface area is 320 Å². The summed E-state index contributed by atoms with van der Waals surface area (Å²) in [6, 6.07) is 12.2. The highest BCUT2D eigenvalue weighted by atomic mass is 127. The second-order valence-corrected chi connectivity index (χ2v) is 15.5. The molecule has 4 bridgehead atoms. The molecule has 12 nitrogen and oxygen atoms in total. The molecule has 3 amide bonds. The lowest BCUT2D eigenvalue weighted by Gasteiger charge is -2.29. The Morgan fingerprint density at radius 1 is 1.02 bits per heavy atom. The van der Waals surface area contributed by atoms with Crippen LogP contribution in [0.25, 0.3) is 0 Å². The monoisotopic (exact) mass is 929 g/mol. The number of fused-ring (bicyclic) bond motifs is 10. The number of alkyl carbamates (subject to hydrolysis) is 1. The van der Waals surface area contributed by atoms with E-state index in [2.05, 4.69) is 47.8 Å². The van der Waals surface area contributed by atoms with Gasteiger partial charge >= 0.3 is 12.1 Å². The highest BCUT2D eigenvalue weighted by molar-refractivity contribution is 14.1. The number of methoxy groups -OCH3 is 1. The number of rotatable bonds is 6. The fourth-order valence-electron chi connectivity index (χ4n) is 5.04. The van der Waals surface area contributed by atoms with Gasteiger partial charge in [-0.25, -0.2) is 9.59 Å².